The van der Waals surface area contributed by atoms with Gasteiger partial charge >= 0.3 is 10.1 Å². The fourth-order valence-electron chi connectivity index (χ4n) is 3.10. The largest absolute Gasteiger partial charge is 0.378 e. The van der Waals surface area contributed by atoms with E-state index in [-0.39, 0.29) is 36.1 Å². The predicted octanol–water partition coefficient (Wildman–Crippen LogP) is 4.35. The van der Waals surface area contributed by atoms with E-state index in [4.69, 9.17) is 9.71 Å². The fourth-order valence-corrected chi connectivity index (χ4v) is 4.51. The van der Waals surface area contributed by atoms with Crippen LogP contribution in [-0.4, -0.2) is 29.5 Å². The van der Waals surface area contributed by atoms with Crippen molar-refractivity contribution in [2.24, 2.45) is 5.11 Å². The average Bonchev–Trinajstić information content (AvgIpc) is 3.07. The van der Waals surface area contributed by atoms with Gasteiger partial charge in [-0.25, -0.2) is 13.8 Å². The Morgan fingerprint density at radius 2 is 1.84 bits per heavy atom. The SMILES string of the molecule is CC(C)c1nc(CCN=[N+]=[N-])n(Cc2ccncc2)c1S(=O)(=O)Oc1cc(F)cc(F)c1. The van der Waals surface area contributed by atoms with Crippen molar-refractivity contribution in [1.82, 2.24) is 14.5 Å². The standard InChI is InChI=1S/C20H20F2N6O3S/c1-13(2)19-20(32(29,30)31-17-10-15(21)9-16(22)11-17)28(12-14-3-6-24-7-4-14)18(26-19)5-8-25-27-23/h3-4,6-7,9-11,13H,5,8,12H2,1-2H3. The van der Waals surface area contributed by atoms with Gasteiger partial charge in [0, 0.05) is 48.5 Å². The van der Waals surface area contributed by atoms with Gasteiger partial charge in [-0.1, -0.05) is 19.0 Å². The Labute approximate surface area is 183 Å². The van der Waals surface area contributed by atoms with Gasteiger partial charge in [-0.3, -0.25) is 4.98 Å². The van der Waals surface area contributed by atoms with Crippen molar-refractivity contribution < 1.29 is 21.4 Å². The lowest BCUT2D eigenvalue weighted by atomic mass is 10.1. The fraction of sp³-hybridized carbons (Fsp3) is 0.300. The van der Waals surface area contributed by atoms with Crippen molar-refractivity contribution in [1.29, 1.82) is 0 Å². The Bertz CT molecular complexity index is 1240. The lowest BCUT2D eigenvalue weighted by Gasteiger charge is -2.14. The van der Waals surface area contributed by atoms with Crippen LogP contribution in [0.15, 0.2) is 52.9 Å². The molecule has 2 heterocycles. The molecule has 0 saturated carbocycles. The molecule has 0 saturated heterocycles. The van der Waals surface area contributed by atoms with Crippen LogP contribution in [0.25, 0.3) is 10.4 Å². The van der Waals surface area contributed by atoms with E-state index < -0.39 is 27.5 Å². The van der Waals surface area contributed by atoms with E-state index in [1.165, 1.54) is 4.57 Å². The van der Waals surface area contributed by atoms with Crippen LogP contribution in [-0.2, 0) is 23.1 Å². The molecule has 3 aromatic rings. The van der Waals surface area contributed by atoms with Crippen LogP contribution in [0.1, 0.15) is 36.8 Å². The minimum atomic E-state index is -4.53. The van der Waals surface area contributed by atoms with E-state index in [0.29, 0.717) is 11.9 Å². The second-order valence-electron chi connectivity index (χ2n) is 7.16. The smallest absolute Gasteiger partial charge is 0.357 e. The summed E-state index contributed by atoms with van der Waals surface area (Å²) >= 11 is 0. The van der Waals surface area contributed by atoms with Gasteiger partial charge in [0.05, 0.1) is 12.2 Å². The zero-order valence-corrected chi connectivity index (χ0v) is 18.1. The van der Waals surface area contributed by atoms with E-state index >= 15 is 0 Å². The number of imidazole rings is 1. The maximum atomic E-state index is 13.6. The molecule has 168 valence electrons. The third kappa shape index (κ3) is 5.40. The molecule has 0 spiro atoms. The first-order chi connectivity index (χ1) is 15.2. The van der Waals surface area contributed by atoms with E-state index in [1.807, 2.05) is 0 Å². The highest BCUT2D eigenvalue weighted by molar-refractivity contribution is 7.87. The van der Waals surface area contributed by atoms with E-state index in [9.17, 15) is 17.2 Å². The molecule has 0 amide bonds. The molecule has 1 aromatic carbocycles. The van der Waals surface area contributed by atoms with Gasteiger partial charge in [0.15, 0.2) is 5.03 Å². The summed E-state index contributed by atoms with van der Waals surface area (Å²) < 4.78 is 60.3. The summed E-state index contributed by atoms with van der Waals surface area (Å²) in [7, 11) is -4.53. The Morgan fingerprint density at radius 3 is 2.44 bits per heavy atom. The first-order valence-corrected chi connectivity index (χ1v) is 11.0. The second-order valence-corrected chi connectivity index (χ2v) is 8.62. The predicted molar refractivity (Wildman–Crippen MR) is 112 cm³/mol. The number of aromatic nitrogens is 3. The van der Waals surface area contributed by atoms with Crippen molar-refractivity contribution in [3.05, 3.63) is 81.9 Å². The number of hydrogen-bond acceptors (Lipinski definition) is 6. The first kappa shape index (κ1) is 23.2. The zero-order chi connectivity index (χ0) is 23.3. The first-order valence-electron chi connectivity index (χ1n) is 9.61. The Kier molecular flexibility index (Phi) is 7.06. The van der Waals surface area contributed by atoms with Crippen LogP contribution in [0, 0.1) is 11.6 Å². The maximum absolute atomic E-state index is 13.6. The van der Waals surface area contributed by atoms with Crippen molar-refractivity contribution in [2.75, 3.05) is 6.54 Å². The summed E-state index contributed by atoms with van der Waals surface area (Å²) in [4.78, 5) is 11.1. The van der Waals surface area contributed by atoms with Crippen molar-refractivity contribution >= 4 is 10.1 Å². The molecule has 0 aliphatic heterocycles. The topological polar surface area (TPSA) is 123 Å². The minimum Gasteiger partial charge on any atom is -0.378 e. The number of rotatable bonds is 9. The van der Waals surface area contributed by atoms with Crippen LogP contribution in [0.2, 0.25) is 0 Å². The Hall–Kier alpha value is -3.50. The zero-order valence-electron chi connectivity index (χ0n) is 17.3. The number of hydrogen-bond donors (Lipinski definition) is 0. The van der Waals surface area contributed by atoms with Gasteiger partial charge < -0.3 is 8.75 Å². The number of benzene rings is 1. The molecule has 0 atom stereocenters. The molecular formula is C20H20F2N6O3S. The molecule has 3 rings (SSSR count). The molecule has 0 fully saturated rings. The van der Waals surface area contributed by atoms with Crippen LogP contribution >= 0.6 is 0 Å². The monoisotopic (exact) mass is 462 g/mol. The van der Waals surface area contributed by atoms with Gasteiger partial charge in [-0.2, -0.15) is 8.42 Å². The summed E-state index contributed by atoms with van der Waals surface area (Å²) in [6.07, 6.45) is 3.31. The molecule has 0 radical (unpaired) electrons. The molecule has 0 aliphatic rings. The quantitative estimate of drug-likeness (QED) is 0.202. The van der Waals surface area contributed by atoms with Crippen molar-refractivity contribution in [3.63, 3.8) is 0 Å². The summed E-state index contributed by atoms with van der Waals surface area (Å²) in [5, 5.41) is 3.27. The van der Waals surface area contributed by atoms with Gasteiger partial charge in [-0.05, 0) is 29.1 Å². The van der Waals surface area contributed by atoms with Gasteiger partial charge in [0.2, 0.25) is 0 Å². The van der Waals surface area contributed by atoms with E-state index in [1.54, 1.807) is 38.4 Å². The molecule has 0 unspecified atom stereocenters. The van der Waals surface area contributed by atoms with Gasteiger partial charge in [0.25, 0.3) is 0 Å². The third-order valence-corrected chi connectivity index (χ3v) is 5.75. The maximum Gasteiger partial charge on any atom is 0.357 e. The summed E-state index contributed by atoms with van der Waals surface area (Å²) in [6.45, 7) is 3.70. The highest BCUT2D eigenvalue weighted by Gasteiger charge is 2.31. The average molecular weight is 462 g/mol. The third-order valence-electron chi connectivity index (χ3n) is 4.44. The molecule has 0 aliphatic carbocycles. The lowest BCUT2D eigenvalue weighted by molar-refractivity contribution is 0.465. The molecule has 2 aromatic heterocycles. The highest BCUT2D eigenvalue weighted by atomic mass is 32.2. The molecule has 0 N–H and O–H groups in total. The number of nitrogens with zero attached hydrogens (tertiary/aromatic N) is 6. The minimum absolute atomic E-state index is 0.0663. The van der Waals surface area contributed by atoms with Crippen LogP contribution in [0.3, 0.4) is 0 Å². The Balaban J connectivity index is 2.15. The van der Waals surface area contributed by atoms with Crippen LogP contribution in [0.5, 0.6) is 5.75 Å². The van der Waals surface area contributed by atoms with E-state index in [2.05, 4.69) is 20.0 Å². The number of halogens is 2. The van der Waals surface area contributed by atoms with E-state index in [0.717, 1.165) is 17.7 Å². The molecule has 0 bridgehead atoms. The molecular weight excluding hydrogens is 442 g/mol. The van der Waals surface area contributed by atoms with Crippen LogP contribution in [0.4, 0.5) is 8.78 Å². The lowest BCUT2D eigenvalue weighted by Crippen LogP contribution is -2.19. The number of azide groups is 1. The van der Waals surface area contributed by atoms with Gasteiger partial charge in [0.1, 0.15) is 23.2 Å². The van der Waals surface area contributed by atoms with Gasteiger partial charge in [-0.15, -0.1) is 0 Å². The number of pyridine rings is 1. The highest BCUT2D eigenvalue weighted by Crippen LogP contribution is 2.29. The molecule has 12 heteroatoms. The summed E-state index contributed by atoms with van der Waals surface area (Å²) in [5.41, 5.74) is 9.55. The van der Waals surface area contributed by atoms with Crippen LogP contribution < -0.4 is 4.18 Å². The van der Waals surface area contributed by atoms with Crippen molar-refractivity contribution in [3.8, 4) is 5.75 Å². The normalized spacial score (nSPS) is 11.4. The molecule has 32 heavy (non-hydrogen) atoms. The second kappa shape index (κ2) is 9.75. The summed E-state index contributed by atoms with van der Waals surface area (Å²) in [5.74, 6) is -2.39. The van der Waals surface area contributed by atoms with Crippen molar-refractivity contribution in [2.45, 2.75) is 37.8 Å². The Morgan fingerprint density at radius 1 is 1.19 bits per heavy atom. The summed E-state index contributed by atoms with van der Waals surface area (Å²) in [6, 6.07) is 5.60. The molecule has 9 nitrogen and oxygen atoms in total.